The fourth-order valence-corrected chi connectivity index (χ4v) is 0.933. The molecule has 0 aliphatic rings. The van der Waals surface area contributed by atoms with Crippen LogP contribution in [0.25, 0.3) is 0 Å². The third-order valence-electron chi connectivity index (χ3n) is 1.60. The second kappa shape index (κ2) is 24.0. The Morgan fingerprint density at radius 3 is 1.12 bits per heavy atom. The molecule has 0 aliphatic carbocycles. The molecule has 16 heavy (non-hydrogen) atoms. The van der Waals surface area contributed by atoms with Gasteiger partial charge in [0.15, 0.2) is 0 Å². The minimum atomic E-state index is 0. The highest BCUT2D eigenvalue weighted by molar-refractivity contribution is 4.54. The lowest BCUT2D eigenvalue weighted by atomic mass is 10.5. The predicted molar refractivity (Wildman–Crippen MR) is 73.0 cm³/mol. The zero-order valence-electron chi connectivity index (χ0n) is 10.4. The molecule has 0 rings (SSSR count). The Kier molecular flexibility index (Phi) is 31.2. The normalized spacial score (nSPS) is 8.88. The van der Waals surface area contributed by atoms with Crippen molar-refractivity contribution in [3.63, 3.8) is 0 Å². The van der Waals surface area contributed by atoms with Crippen molar-refractivity contribution >= 4 is 0 Å². The van der Waals surface area contributed by atoms with Crippen molar-refractivity contribution < 1.29 is 0 Å². The second-order valence-corrected chi connectivity index (χ2v) is 2.83. The molecule has 0 aromatic rings. The van der Waals surface area contributed by atoms with Gasteiger partial charge in [-0.1, -0.05) is 0 Å². The lowest BCUT2D eigenvalue weighted by Crippen LogP contribution is -2.35. The maximum atomic E-state index is 5.32. The van der Waals surface area contributed by atoms with Crippen molar-refractivity contribution in [3.8, 4) is 0 Å². The second-order valence-electron chi connectivity index (χ2n) is 2.83. The van der Waals surface area contributed by atoms with E-state index in [0.29, 0.717) is 13.1 Å². The lowest BCUT2D eigenvalue weighted by molar-refractivity contribution is 0.586. The molecule has 0 aromatic carbocycles. The van der Waals surface area contributed by atoms with Gasteiger partial charge < -0.3 is 33.6 Å². The van der Waals surface area contributed by atoms with Crippen LogP contribution in [-0.2, 0) is 0 Å². The van der Waals surface area contributed by atoms with Gasteiger partial charge in [-0.15, -0.1) is 13.2 Å². The Hall–Kier alpha value is -0.500. The Morgan fingerprint density at radius 1 is 0.625 bits per heavy atom. The highest BCUT2D eigenvalue weighted by Gasteiger charge is 1.87. The van der Waals surface area contributed by atoms with Crippen LogP contribution in [0.2, 0.25) is 0 Å². The fourth-order valence-electron chi connectivity index (χ4n) is 0.933. The van der Waals surface area contributed by atoms with E-state index in [0.717, 1.165) is 39.3 Å². The van der Waals surface area contributed by atoms with Crippen LogP contribution in [0.15, 0.2) is 13.2 Å². The molecule has 6 nitrogen and oxygen atoms in total. The van der Waals surface area contributed by atoms with Gasteiger partial charge in [0.1, 0.15) is 0 Å². The molecule has 0 bridgehead atoms. The summed E-state index contributed by atoms with van der Waals surface area (Å²) in [5, 5.41) is 9.71. The van der Waals surface area contributed by atoms with Crippen LogP contribution in [-0.4, -0.2) is 52.4 Å². The molecule has 0 saturated heterocycles. The van der Waals surface area contributed by atoms with Gasteiger partial charge >= 0.3 is 0 Å². The van der Waals surface area contributed by atoms with E-state index in [1.54, 1.807) is 0 Å². The predicted octanol–water partition coefficient (Wildman–Crippen LogP) is -1.36. The molecule has 0 amide bonds. The largest absolute Gasteiger partial charge is 0.344 e. The molecule has 0 saturated carbocycles. The molecule has 0 unspecified atom stereocenters. The first-order chi connectivity index (χ1) is 7.41. The summed E-state index contributed by atoms with van der Waals surface area (Å²) in [6.45, 7) is 13.1. The summed E-state index contributed by atoms with van der Waals surface area (Å²) < 4.78 is 0. The zero-order valence-corrected chi connectivity index (χ0v) is 10.4. The van der Waals surface area contributed by atoms with Gasteiger partial charge in [0.2, 0.25) is 0 Å². The Balaban J connectivity index is -0.000000529. The van der Waals surface area contributed by atoms with Crippen molar-refractivity contribution in [1.29, 1.82) is 0 Å². The Bertz CT molecular complexity index is 91.3. The molecule has 10 N–H and O–H groups in total. The van der Waals surface area contributed by atoms with E-state index in [4.69, 9.17) is 11.5 Å². The summed E-state index contributed by atoms with van der Waals surface area (Å²) in [5.74, 6) is 0. The van der Waals surface area contributed by atoms with E-state index >= 15 is 0 Å². The van der Waals surface area contributed by atoms with Crippen LogP contribution in [0.1, 0.15) is 0 Å². The highest BCUT2D eigenvalue weighted by atomic mass is 15.0. The number of hydrogen-bond donors (Lipinski definition) is 6. The van der Waals surface area contributed by atoms with Gasteiger partial charge in [-0.2, -0.15) is 0 Å². The molecule has 0 atom stereocenters. The summed E-state index contributed by atoms with van der Waals surface area (Å²) in [7, 11) is 0. The molecule has 0 radical (unpaired) electrons. The van der Waals surface area contributed by atoms with E-state index in [1.807, 2.05) is 0 Å². The quantitative estimate of drug-likeness (QED) is 0.205. The van der Waals surface area contributed by atoms with Crippen molar-refractivity contribution in [1.82, 2.24) is 22.1 Å². The van der Waals surface area contributed by atoms with Gasteiger partial charge in [0.25, 0.3) is 0 Å². The third-order valence-corrected chi connectivity index (χ3v) is 1.60. The van der Waals surface area contributed by atoms with Crippen molar-refractivity contribution in [2.75, 3.05) is 52.4 Å². The molecule has 100 valence electrons. The van der Waals surface area contributed by atoms with Crippen molar-refractivity contribution in [2.45, 2.75) is 0 Å². The maximum absolute atomic E-state index is 5.32. The summed E-state index contributed by atoms with van der Waals surface area (Å²) in [6, 6.07) is 0. The third kappa shape index (κ3) is 23.4. The molecule has 6 heteroatoms. The van der Waals surface area contributed by atoms with E-state index < -0.39 is 0 Å². The van der Waals surface area contributed by atoms with Crippen LogP contribution < -0.4 is 33.6 Å². The summed E-state index contributed by atoms with van der Waals surface area (Å²) in [5.41, 5.74) is 10.6. The minimum absolute atomic E-state index is 0. The molecule has 0 spiro atoms. The molecular formula is C10H30N6. The van der Waals surface area contributed by atoms with Gasteiger partial charge in [0, 0.05) is 52.4 Å². The van der Waals surface area contributed by atoms with Crippen LogP contribution in [0.3, 0.4) is 0 Å². The minimum Gasteiger partial charge on any atom is -0.344 e. The summed E-state index contributed by atoms with van der Waals surface area (Å²) in [4.78, 5) is 0. The number of nitrogens with one attached hydrogen (secondary N) is 3. The first-order valence-electron chi connectivity index (χ1n) is 5.44. The van der Waals surface area contributed by atoms with Crippen LogP contribution in [0.5, 0.6) is 0 Å². The maximum Gasteiger partial charge on any atom is 0.00772 e. The highest BCUT2D eigenvalue weighted by Crippen LogP contribution is 1.60. The molecule has 0 fully saturated rings. The average molecular weight is 234 g/mol. The van der Waals surface area contributed by atoms with Gasteiger partial charge in [-0.25, -0.2) is 0 Å². The van der Waals surface area contributed by atoms with E-state index in [-0.39, 0.29) is 6.15 Å². The first kappa shape index (κ1) is 20.9. The van der Waals surface area contributed by atoms with Crippen LogP contribution in [0.4, 0.5) is 0 Å². The topological polar surface area (TPSA) is 123 Å². The van der Waals surface area contributed by atoms with Gasteiger partial charge in [0.05, 0.1) is 0 Å². The van der Waals surface area contributed by atoms with Crippen LogP contribution >= 0.6 is 0 Å². The average Bonchev–Trinajstić information content (AvgIpc) is 2.30. The van der Waals surface area contributed by atoms with Crippen LogP contribution in [0, 0.1) is 0 Å². The van der Waals surface area contributed by atoms with E-state index in [9.17, 15) is 0 Å². The Morgan fingerprint density at radius 2 is 0.875 bits per heavy atom. The van der Waals surface area contributed by atoms with Crippen molar-refractivity contribution in [3.05, 3.63) is 13.2 Å². The number of hydrogen-bond acceptors (Lipinski definition) is 6. The van der Waals surface area contributed by atoms with Gasteiger partial charge in [-0.3, -0.25) is 0 Å². The summed E-state index contributed by atoms with van der Waals surface area (Å²) in [6.07, 6.45) is 0. The monoisotopic (exact) mass is 234 g/mol. The molecule has 0 heterocycles. The first-order valence-corrected chi connectivity index (χ1v) is 5.44. The fraction of sp³-hybridized carbons (Fsp3) is 0.800. The SMILES string of the molecule is C=C.N.NCCNCCNCCNCCN. The standard InChI is InChI=1S/C8H23N5.C2H4.H3N/c9-1-3-11-5-7-13-8-6-12-4-2-10;1-2;/h11-13H,1-10H2;1-2H2;1H3. The number of nitrogens with two attached hydrogens (primary N) is 2. The van der Waals surface area contributed by atoms with Crippen molar-refractivity contribution in [2.24, 2.45) is 11.5 Å². The number of rotatable bonds is 10. The van der Waals surface area contributed by atoms with E-state index in [2.05, 4.69) is 29.1 Å². The smallest absolute Gasteiger partial charge is 0.00772 e. The lowest BCUT2D eigenvalue weighted by Gasteiger charge is -2.06. The molecule has 0 aliphatic heterocycles. The molecular weight excluding hydrogens is 204 g/mol. The molecule has 0 aromatic heterocycles. The zero-order chi connectivity index (χ0) is 11.8. The Labute approximate surface area is 99.8 Å². The van der Waals surface area contributed by atoms with E-state index in [1.165, 1.54) is 0 Å². The summed E-state index contributed by atoms with van der Waals surface area (Å²) >= 11 is 0. The van der Waals surface area contributed by atoms with Gasteiger partial charge in [-0.05, 0) is 0 Å².